The molecule has 0 spiro atoms. The quantitative estimate of drug-likeness (QED) is 0.846. The summed E-state index contributed by atoms with van der Waals surface area (Å²) in [4.78, 5) is 4.65. The molecule has 18 heavy (non-hydrogen) atoms. The van der Waals surface area contributed by atoms with Crippen LogP contribution in [0.25, 0.3) is 0 Å². The molecule has 0 aromatic carbocycles. The molecule has 2 atom stereocenters. The van der Waals surface area contributed by atoms with E-state index in [-0.39, 0.29) is 0 Å². The van der Waals surface area contributed by atoms with Crippen LogP contribution in [0.2, 0.25) is 0 Å². The van der Waals surface area contributed by atoms with E-state index < -0.39 is 0 Å². The summed E-state index contributed by atoms with van der Waals surface area (Å²) in [6.07, 6.45) is 6.65. The zero-order valence-electron chi connectivity index (χ0n) is 11.5. The van der Waals surface area contributed by atoms with Crippen molar-refractivity contribution >= 4 is 11.8 Å². The molecule has 2 N–H and O–H groups in total. The lowest BCUT2D eigenvalue weighted by molar-refractivity contribution is 0.483. The normalized spacial score (nSPS) is 24.8. The van der Waals surface area contributed by atoms with Crippen LogP contribution in [0.5, 0.6) is 0 Å². The van der Waals surface area contributed by atoms with Crippen LogP contribution in [0.4, 0.5) is 0 Å². The van der Waals surface area contributed by atoms with Gasteiger partial charge < -0.3 is 5.73 Å². The van der Waals surface area contributed by atoms with Gasteiger partial charge in [-0.1, -0.05) is 19.3 Å². The van der Waals surface area contributed by atoms with Gasteiger partial charge in [0.1, 0.15) is 0 Å². The van der Waals surface area contributed by atoms with E-state index in [2.05, 4.69) is 31.0 Å². The fraction of sp³-hybridized carbons (Fsp3) is 0.667. The van der Waals surface area contributed by atoms with E-state index in [1.54, 1.807) is 0 Å². The molecule has 3 heteroatoms. The molecule has 2 unspecified atom stereocenters. The summed E-state index contributed by atoms with van der Waals surface area (Å²) in [7, 11) is 0. The molecule has 0 amide bonds. The molecule has 1 aliphatic rings. The second kappa shape index (κ2) is 6.58. The monoisotopic (exact) mass is 264 g/mol. The van der Waals surface area contributed by atoms with Crippen molar-refractivity contribution in [1.82, 2.24) is 4.98 Å². The summed E-state index contributed by atoms with van der Waals surface area (Å²) in [6, 6.07) is 4.34. The van der Waals surface area contributed by atoms with Crippen molar-refractivity contribution in [2.24, 2.45) is 11.7 Å². The van der Waals surface area contributed by atoms with Crippen molar-refractivity contribution in [3.8, 4) is 0 Å². The molecule has 1 saturated carbocycles. The average Bonchev–Trinajstić information content (AvgIpc) is 2.52. The fourth-order valence-corrected chi connectivity index (χ4v) is 4.28. The van der Waals surface area contributed by atoms with Gasteiger partial charge in [-0.3, -0.25) is 0 Å². The van der Waals surface area contributed by atoms with E-state index in [0.717, 1.165) is 12.2 Å². The number of thioether (sulfide) groups is 1. The molecular formula is C15H24N2S. The van der Waals surface area contributed by atoms with Crippen molar-refractivity contribution in [2.45, 2.75) is 56.2 Å². The minimum absolute atomic E-state index is 0.659. The second-order valence-corrected chi connectivity index (χ2v) is 6.67. The molecule has 1 aromatic heterocycles. The number of nitrogens with two attached hydrogens (primary N) is 1. The summed E-state index contributed by atoms with van der Waals surface area (Å²) in [6.45, 7) is 5.04. The standard InChI is InChI=1S/C15H24N2S/c1-11-8-12(2)17-15(9-11)18-14-7-5-3-4-6-13(14)10-16/h8-9,13-14H,3-7,10,16H2,1-2H3. The summed E-state index contributed by atoms with van der Waals surface area (Å²) in [5, 5.41) is 1.84. The van der Waals surface area contributed by atoms with Gasteiger partial charge in [-0.05, 0) is 56.8 Å². The molecule has 2 nitrogen and oxygen atoms in total. The molecule has 1 heterocycles. The first-order valence-electron chi connectivity index (χ1n) is 7.01. The third-order valence-corrected chi connectivity index (χ3v) is 5.11. The summed E-state index contributed by atoms with van der Waals surface area (Å²) < 4.78 is 0. The highest BCUT2D eigenvalue weighted by atomic mass is 32.2. The number of rotatable bonds is 3. The highest BCUT2D eigenvalue weighted by Gasteiger charge is 2.23. The van der Waals surface area contributed by atoms with Crippen LogP contribution in [0.15, 0.2) is 17.2 Å². The van der Waals surface area contributed by atoms with Crippen LogP contribution in [0.1, 0.15) is 43.4 Å². The van der Waals surface area contributed by atoms with Crippen LogP contribution in [0, 0.1) is 19.8 Å². The van der Waals surface area contributed by atoms with Crippen LogP contribution < -0.4 is 5.73 Å². The Kier molecular flexibility index (Phi) is 5.07. The van der Waals surface area contributed by atoms with Gasteiger partial charge in [-0.25, -0.2) is 4.98 Å². The first-order chi connectivity index (χ1) is 8.69. The van der Waals surface area contributed by atoms with E-state index >= 15 is 0 Å². The van der Waals surface area contributed by atoms with Gasteiger partial charge in [0.15, 0.2) is 0 Å². The average molecular weight is 264 g/mol. The maximum atomic E-state index is 5.94. The number of aryl methyl sites for hydroxylation is 2. The molecule has 1 aliphatic carbocycles. The minimum Gasteiger partial charge on any atom is -0.330 e. The van der Waals surface area contributed by atoms with E-state index in [4.69, 9.17) is 5.73 Å². The molecular weight excluding hydrogens is 240 g/mol. The second-order valence-electron chi connectivity index (χ2n) is 5.41. The molecule has 0 radical (unpaired) electrons. The molecule has 0 bridgehead atoms. The summed E-state index contributed by atoms with van der Waals surface area (Å²) >= 11 is 1.95. The maximum absolute atomic E-state index is 5.94. The van der Waals surface area contributed by atoms with Crippen LogP contribution in [0.3, 0.4) is 0 Å². The van der Waals surface area contributed by atoms with Crippen molar-refractivity contribution in [1.29, 1.82) is 0 Å². The van der Waals surface area contributed by atoms with E-state index in [9.17, 15) is 0 Å². The molecule has 1 fully saturated rings. The Morgan fingerprint density at radius 3 is 2.72 bits per heavy atom. The lowest BCUT2D eigenvalue weighted by Gasteiger charge is -2.23. The van der Waals surface area contributed by atoms with Gasteiger partial charge >= 0.3 is 0 Å². The molecule has 100 valence electrons. The maximum Gasteiger partial charge on any atom is 0.0968 e. The first kappa shape index (κ1) is 13.9. The summed E-state index contributed by atoms with van der Waals surface area (Å²) in [5.41, 5.74) is 8.37. The fourth-order valence-electron chi connectivity index (χ4n) is 2.79. The Hall–Kier alpha value is -0.540. The van der Waals surface area contributed by atoms with Gasteiger partial charge in [0.2, 0.25) is 0 Å². The predicted molar refractivity (Wildman–Crippen MR) is 79.0 cm³/mol. The summed E-state index contributed by atoms with van der Waals surface area (Å²) in [5.74, 6) is 0.667. The molecule has 0 saturated heterocycles. The van der Waals surface area contributed by atoms with Gasteiger partial charge in [0.25, 0.3) is 0 Å². The SMILES string of the molecule is Cc1cc(C)nc(SC2CCCCCC2CN)c1. The van der Waals surface area contributed by atoms with E-state index in [1.165, 1.54) is 42.7 Å². The highest BCUT2D eigenvalue weighted by Crippen LogP contribution is 2.35. The zero-order chi connectivity index (χ0) is 13.0. The highest BCUT2D eigenvalue weighted by molar-refractivity contribution is 7.99. The number of aromatic nitrogens is 1. The number of hydrogen-bond donors (Lipinski definition) is 1. The van der Waals surface area contributed by atoms with Crippen molar-refractivity contribution in [3.63, 3.8) is 0 Å². The number of nitrogens with zero attached hydrogens (tertiary/aromatic N) is 1. The Labute approximate surface area is 115 Å². The van der Waals surface area contributed by atoms with Gasteiger partial charge in [0.05, 0.1) is 5.03 Å². The topological polar surface area (TPSA) is 38.9 Å². The van der Waals surface area contributed by atoms with Crippen molar-refractivity contribution in [2.75, 3.05) is 6.54 Å². The Bertz CT molecular complexity index is 372. The Morgan fingerprint density at radius 2 is 2.00 bits per heavy atom. The lowest BCUT2D eigenvalue weighted by atomic mass is 10.0. The smallest absolute Gasteiger partial charge is 0.0968 e. The van der Waals surface area contributed by atoms with Gasteiger partial charge in [-0.2, -0.15) is 0 Å². The molecule has 1 aromatic rings. The van der Waals surface area contributed by atoms with Gasteiger partial charge in [-0.15, -0.1) is 11.8 Å². The van der Waals surface area contributed by atoms with Crippen molar-refractivity contribution in [3.05, 3.63) is 23.4 Å². The van der Waals surface area contributed by atoms with Gasteiger partial charge in [0, 0.05) is 10.9 Å². The zero-order valence-corrected chi connectivity index (χ0v) is 12.3. The lowest BCUT2D eigenvalue weighted by Crippen LogP contribution is -2.24. The predicted octanol–water partition coefficient (Wildman–Crippen LogP) is 3.70. The first-order valence-corrected chi connectivity index (χ1v) is 7.89. The largest absolute Gasteiger partial charge is 0.330 e. The number of pyridine rings is 1. The van der Waals surface area contributed by atoms with E-state index in [1.807, 2.05) is 11.8 Å². The molecule has 2 rings (SSSR count). The van der Waals surface area contributed by atoms with Crippen molar-refractivity contribution < 1.29 is 0 Å². The van der Waals surface area contributed by atoms with Crippen LogP contribution >= 0.6 is 11.8 Å². The van der Waals surface area contributed by atoms with E-state index in [0.29, 0.717) is 11.2 Å². The van der Waals surface area contributed by atoms with Crippen LogP contribution in [-0.2, 0) is 0 Å². The molecule has 0 aliphatic heterocycles. The number of hydrogen-bond acceptors (Lipinski definition) is 3. The third-order valence-electron chi connectivity index (χ3n) is 3.74. The third kappa shape index (κ3) is 3.72. The Morgan fingerprint density at radius 1 is 1.22 bits per heavy atom. The Balaban J connectivity index is 2.09. The van der Waals surface area contributed by atoms with Crippen LogP contribution in [-0.4, -0.2) is 16.8 Å². The minimum atomic E-state index is 0.659.